The molecular weight excluding hydrogens is 535 g/mol. The first kappa shape index (κ1) is 26.2. The van der Waals surface area contributed by atoms with Crippen LogP contribution >= 0.6 is 29.7 Å². The predicted molar refractivity (Wildman–Crippen MR) is 127 cm³/mol. The number of alkyl halides is 3. The molecule has 2 fully saturated rings. The number of carbonyl (C=O) groups is 1. The van der Waals surface area contributed by atoms with Crippen molar-refractivity contribution in [3.8, 4) is 0 Å². The summed E-state index contributed by atoms with van der Waals surface area (Å²) in [7, 11) is 0. The van der Waals surface area contributed by atoms with Gasteiger partial charge in [-0.2, -0.15) is 13.2 Å². The van der Waals surface area contributed by atoms with E-state index in [-0.39, 0.29) is 22.0 Å². The Balaban J connectivity index is 1.77. The average molecular weight is 559 g/mol. The van der Waals surface area contributed by atoms with Crippen LogP contribution in [0.3, 0.4) is 0 Å². The largest absolute Gasteiger partial charge is 0.447 e. The lowest BCUT2D eigenvalue weighted by Crippen LogP contribution is -2.44. The number of hydrogen-bond donors (Lipinski definition) is 0. The third kappa shape index (κ3) is 5.30. The van der Waals surface area contributed by atoms with Crippen LogP contribution in [-0.4, -0.2) is 43.2 Å². The first-order valence-electron chi connectivity index (χ1n) is 10.8. The van der Waals surface area contributed by atoms with Gasteiger partial charge >= 0.3 is 12.1 Å². The summed E-state index contributed by atoms with van der Waals surface area (Å²) in [4.78, 5) is 13.2. The fraction of sp³-hybridized carbons (Fsp3) is 0.591. The number of carbonyl (C=O) groups excluding carboxylic acids is 1. The maximum absolute atomic E-state index is 13.2. The SMILES string of the molecule is Cc1cc(Cl)cc(Cl)c1C1=C(OP(C)(=S)OCC(F)(F)F)C2(CCC3(CCCO3)CC2)OC1=O. The molecule has 5 nitrogen and oxygen atoms in total. The number of aryl methyl sites for hydroxylation is 1. The zero-order valence-electron chi connectivity index (χ0n) is 18.6. The van der Waals surface area contributed by atoms with Crippen molar-refractivity contribution in [2.45, 2.75) is 62.8 Å². The number of ether oxygens (including phenoxy) is 2. The zero-order chi connectivity index (χ0) is 24.9. The van der Waals surface area contributed by atoms with Gasteiger partial charge in [0.2, 0.25) is 6.49 Å². The molecule has 0 amide bonds. The van der Waals surface area contributed by atoms with Gasteiger partial charge in [-0.25, -0.2) is 4.79 Å². The highest BCUT2D eigenvalue weighted by molar-refractivity contribution is 8.09. The van der Waals surface area contributed by atoms with Gasteiger partial charge in [0.25, 0.3) is 0 Å². The summed E-state index contributed by atoms with van der Waals surface area (Å²) in [5, 5.41) is 0.574. The van der Waals surface area contributed by atoms with Crippen LogP contribution in [0.5, 0.6) is 0 Å². The number of halogens is 5. The molecule has 1 aromatic carbocycles. The van der Waals surface area contributed by atoms with Crippen molar-refractivity contribution in [2.24, 2.45) is 0 Å². The second-order valence-corrected chi connectivity index (χ2v) is 13.9. The molecule has 2 spiro atoms. The number of benzene rings is 1. The average Bonchev–Trinajstić information content (AvgIpc) is 3.26. The molecule has 0 bridgehead atoms. The van der Waals surface area contributed by atoms with Crippen molar-refractivity contribution >= 4 is 53.0 Å². The molecule has 1 aliphatic carbocycles. The zero-order valence-corrected chi connectivity index (χ0v) is 21.8. The van der Waals surface area contributed by atoms with Gasteiger partial charge in [-0.15, -0.1) is 0 Å². The van der Waals surface area contributed by atoms with Gasteiger partial charge in [0.05, 0.1) is 10.6 Å². The van der Waals surface area contributed by atoms with Gasteiger partial charge < -0.3 is 18.5 Å². The first-order chi connectivity index (χ1) is 15.7. The van der Waals surface area contributed by atoms with Crippen LogP contribution in [-0.2, 0) is 35.1 Å². The van der Waals surface area contributed by atoms with E-state index in [4.69, 9.17) is 53.5 Å². The molecule has 1 saturated heterocycles. The molecule has 1 aromatic rings. The summed E-state index contributed by atoms with van der Waals surface area (Å²) in [5.41, 5.74) is -0.464. The van der Waals surface area contributed by atoms with E-state index in [9.17, 15) is 18.0 Å². The minimum absolute atomic E-state index is 0.0501. The summed E-state index contributed by atoms with van der Waals surface area (Å²) in [6.45, 7) is -1.32. The maximum atomic E-state index is 13.2. The van der Waals surface area contributed by atoms with Crippen molar-refractivity contribution in [1.82, 2.24) is 0 Å². The minimum Gasteiger partial charge on any atom is -0.447 e. The molecule has 12 heteroatoms. The minimum atomic E-state index is -4.58. The van der Waals surface area contributed by atoms with Gasteiger partial charge in [0, 0.05) is 23.9 Å². The standard InChI is InChI=1S/C22H24Cl2F3O5PS/c1-13-10-14(23)11-15(24)16(13)17-18(32-33(2,34)30-12-22(25,26)27)21(31-19(17)28)7-5-20(6-8-21)4-3-9-29-20/h10-11H,3-9,12H2,1-2H3. The van der Waals surface area contributed by atoms with E-state index < -0.39 is 30.8 Å². The van der Waals surface area contributed by atoms with Gasteiger partial charge in [0.1, 0.15) is 5.57 Å². The van der Waals surface area contributed by atoms with Gasteiger partial charge in [-0.05, 0) is 75.0 Å². The molecular formula is C22H24Cl2F3O5PS. The quantitative estimate of drug-likeness (QED) is 0.287. The summed E-state index contributed by atoms with van der Waals surface area (Å²) in [6.07, 6.45) is -0.710. The van der Waals surface area contributed by atoms with Crippen LogP contribution in [0, 0.1) is 6.92 Å². The highest BCUT2D eigenvalue weighted by Crippen LogP contribution is 2.58. The van der Waals surface area contributed by atoms with Crippen LogP contribution in [0.1, 0.15) is 49.7 Å². The highest BCUT2D eigenvalue weighted by Gasteiger charge is 2.56. The molecule has 188 valence electrons. The van der Waals surface area contributed by atoms with E-state index in [0.29, 0.717) is 48.4 Å². The molecule has 4 rings (SSSR count). The normalized spacial score (nSPS) is 29.1. The molecule has 0 radical (unpaired) electrons. The lowest BCUT2D eigenvalue weighted by atomic mass is 9.73. The molecule has 2 aliphatic heterocycles. The van der Waals surface area contributed by atoms with E-state index in [0.717, 1.165) is 12.8 Å². The van der Waals surface area contributed by atoms with Crippen LogP contribution in [0.25, 0.3) is 5.57 Å². The van der Waals surface area contributed by atoms with E-state index in [1.54, 1.807) is 13.0 Å². The molecule has 3 aliphatic rings. The monoisotopic (exact) mass is 558 g/mol. The summed E-state index contributed by atoms with van der Waals surface area (Å²) in [5.74, 6) is -0.581. The molecule has 1 saturated carbocycles. The maximum Gasteiger partial charge on any atom is 0.412 e. The lowest BCUT2D eigenvalue weighted by molar-refractivity contribution is -0.156. The lowest BCUT2D eigenvalue weighted by Gasteiger charge is -2.42. The van der Waals surface area contributed by atoms with Crippen LogP contribution < -0.4 is 0 Å². The number of rotatable bonds is 5. The summed E-state index contributed by atoms with van der Waals surface area (Å²) in [6, 6.07) is 3.12. The second kappa shape index (κ2) is 9.24. The second-order valence-electron chi connectivity index (χ2n) is 9.05. The van der Waals surface area contributed by atoms with Crippen LogP contribution in [0.15, 0.2) is 17.9 Å². The Morgan fingerprint density at radius 3 is 2.41 bits per heavy atom. The topological polar surface area (TPSA) is 54.0 Å². The summed E-state index contributed by atoms with van der Waals surface area (Å²) >= 11 is 17.9. The molecule has 1 unspecified atom stereocenters. The Kier molecular flexibility index (Phi) is 7.13. The molecule has 34 heavy (non-hydrogen) atoms. The Bertz CT molecular complexity index is 1050. The Labute approximate surface area is 211 Å². The predicted octanol–water partition coefficient (Wildman–Crippen LogP) is 6.97. The number of hydrogen-bond acceptors (Lipinski definition) is 6. The molecule has 1 atom stereocenters. The highest BCUT2D eigenvalue weighted by atomic mass is 35.5. The van der Waals surface area contributed by atoms with Crippen molar-refractivity contribution in [3.05, 3.63) is 39.1 Å². The Morgan fingerprint density at radius 2 is 1.85 bits per heavy atom. The van der Waals surface area contributed by atoms with Gasteiger partial charge in [-0.1, -0.05) is 23.2 Å². The Morgan fingerprint density at radius 1 is 1.18 bits per heavy atom. The van der Waals surface area contributed by atoms with Crippen molar-refractivity contribution < 1.29 is 36.5 Å². The van der Waals surface area contributed by atoms with Crippen molar-refractivity contribution in [1.29, 1.82) is 0 Å². The fourth-order valence-corrected chi connectivity index (χ4v) is 7.02. The third-order valence-electron chi connectivity index (χ3n) is 6.51. The van der Waals surface area contributed by atoms with Crippen LogP contribution in [0.2, 0.25) is 10.0 Å². The van der Waals surface area contributed by atoms with Gasteiger partial charge in [-0.3, -0.25) is 0 Å². The van der Waals surface area contributed by atoms with Gasteiger partial charge in [0.15, 0.2) is 18.0 Å². The molecule has 2 heterocycles. The third-order valence-corrected chi connectivity index (χ3v) is 8.68. The van der Waals surface area contributed by atoms with E-state index in [1.807, 2.05) is 0 Å². The van der Waals surface area contributed by atoms with Crippen LogP contribution in [0.4, 0.5) is 13.2 Å². The van der Waals surface area contributed by atoms with Crippen molar-refractivity contribution in [3.63, 3.8) is 0 Å². The van der Waals surface area contributed by atoms with E-state index in [1.165, 1.54) is 12.7 Å². The fourth-order valence-electron chi connectivity index (χ4n) is 4.93. The molecule has 0 N–H and O–H groups in total. The summed E-state index contributed by atoms with van der Waals surface area (Å²) < 4.78 is 61.4. The van der Waals surface area contributed by atoms with E-state index >= 15 is 0 Å². The van der Waals surface area contributed by atoms with Crippen molar-refractivity contribution in [2.75, 3.05) is 19.9 Å². The Hall–Kier alpha value is -0.830. The van der Waals surface area contributed by atoms with E-state index in [2.05, 4.69) is 0 Å². The smallest absolute Gasteiger partial charge is 0.412 e. The number of esters is 1. The first-order valence-corrected chi connectivity index (χ1v) is 14.7. The molecule has 0 aromatic heterocycles.